The minimum atomic E-state index is -3.63. The summed E-state index contributed by atoms with van der Waals surface area (Å²) in [6, 6.07) is 15.5. The fourth-order valence-electron chi connectivity index (χ4n) is 2.72. The molecule has 1 aliphatic heterocycles. The summed E-state index contributed by atoms with van der Waals surface area (Å²) in [5.74, 6) is -0.0557. The first-order valence-electron chi connectivity index (χ1n) is 7.56. The van der Waals surface area contributed by atoms with Crippen molar-refractivity contribution in [1.82, 2.24) is 4.72 Å². The van der Waals surface area contributed by atoms with Crippen LogP contribution in [0.2, 0.25) is 5.02 Å². The van der Waals surface area contributed by atoms with E-state index in [0.717, 1.165) is 5.69 Å². The van der Waals surface area contributed by atoms with E-state index in [2.05, 4.69) is 4.72 Å². The number of hydrogen-bond acceptors (Lipinski definition) is 3. The Morgan fingerprint density at radius 3 is 2.58 bits per heavy atom. The molecule has 5 nitrogen and oxygen atoms in total. The molecule has 3 rings (SSSR count). The molecular formula is C17H17ClN2O3S. The predicted molar refractivity (Wildman–Crippen MR) is 93.5 cm³/mol. The van der Waals surface area contributed by atoms with E-state index in [4.69, 9.17) is 11.6 Å². The Morgan fingerprint density at radius 1 is 1.12 bits per heavy atom. The number of rotatable bonds is 5. The van der Waals surface area contributed by atoms with Crippen LogP contribution < -0.4 is 9.62 Å². The van der Waals surface area contributed by atoms with Crippen molar-refractivity contribution in [2.24, 2.45) is 5.92 Å². The zero-order chi connectivity index (χ0) is 17.2. The highest BCUT2D eigenvalue weighted by atomic mass is 35.5. The third-order valence-corrected chi connectivity index (χ3v) is 5.60. The van der Waals surface area contributed by atoms with Gasteiger partial charge in [0.15, 0.2) is 0 Å². The number of para-hydroxylation sites is 1. The summed E-state index contributed by atoms with van der Waals surface area (Å²) in [7, 11) is -3.63. The fourth-order valence-corrected chi connectivity index (χ4v) is 4.14. The van der Waals surface area contributed by atoms with Gasteiger partial charge in [-0.1, -0.05) is 35.9 Å². The number of carbonyl (C=O) groups is 1. The Bertz CT molecular complexity index is 840. The van der Waals surface area contributed by atoms with Crippen LogP contribution in [0, 0.1) is 5.92 Å². The molecule has 24 heavy (non-hydrogen) atoms. The van der Waals surface area contributed by atoms with Crippen LogP contribution in [0.4, 0.5) is 5.69 Å². The molecule has 1 heterocycles. The molecule has 126 valence electrons. The zero-order valence-corrected chi connectivity index (χ0v) is 14.4. The van der Waals surface area contributed by atoms with E-state index in [1.54, 1.807) is 17.0 Å². The lowest BCUT2D eigenvalue weighted by Gasteiger charge is -2.17. The molecule has 0 unspecified atom stereocenters. The van der Waals surface area contributed by atoms with Crippen LogP contribution in [0.25, 0.3) is 0 Å². The molecule has 0 spiro atoms. The van der Waals surface area contributed by atoms with Gasteiger partial charge < -0.3 is 4.90 Å². The molecule has 0 bridgehead atoms. The van der Waals surface area contributed by atoms with Crippen LogP contribution >= 0.6 is 11.6 Å². The molecule has 1 amide bonds. The van der Waals surface area contributed by atoms with Crippen LogP contribution in [-0.4, -0.2) is 27.4 Å². The lowest BCUT2D eigenvalue weighted by Crippen LogP contribution is -2.31. The number of halogens is 1. The summed E-state index contributed by atoms with van der Waals surface area (Å²) in [5.41, 5.74) is 0.836. The van der Waals surface area contributed by atoms with E-state index in [1.165, 1.54) is 12.1 Å². The molecule has 1 N–H and O–H groups in total. The summed E-state index contributed by atoms with van der Waals surface area (Å²) in [6.07, 6.45) is 0.326. The number of anilines is 1. The summed E-state index contributed by atoms with van der Waals surface area (Å²) >= 11 is 5.84. The Labute approximate surface area is 146 Å². The molecule has 0 aromatic heterocycles. The maximum Gasteiger partial charge on any atom is 0.240 e. The van der Waals surface area contributed by atoms with Crippen molar-refractivity contribution in [2.75, 3.05) is 18.0 Å². The second-order valence-electron chi connectivity index (χ2n) is 5.72. The minimum Gasteiger partial charge on any atom is -0.312 e. The molecule has 1 atom stereocenters. The highest BCUT2D eigenvalue weighted by Gasteiger charge is 2.31. The van der Waals surface area contributed by atoms with Crippen LogP contribution in [0.5, 0.6) is 0 Å². The normalized spacial score (nSPS) is 18.1. The van der Waals surface area contributed by atoms with Crippen molar-refractivity contribution in [1.29, 1.82) is 0 Å². The third-order valence-electron chi connectivity index (χ3n) is 3.94. The van der Waals surface area contributed by atoms with Crippen molar-refractivity contribution in [2.45, 2.75) is 11.3 Å². The zero-order valence-electron chi connectivity index (χ0n) is 12.9. The van der Waals surface area contributed by atoms with Gasteiger partial charge in [-0.2, -0.15) is 0 Å². The Balaban J connectivity index is 1.65. The van der Waals surface area contributed by atoms with Crippen LogP contribution in [-0.2, 0) is 14.8 Å². The van der Waals surface area contributed by atoms with E-state index >= 15 is 0 Å². The topological polar surface area (TPSA) is 66.5 Å². The van der Waals surface area contributed by atoms with Crippen molar-refractivity contribution < 1.29 is 13.2 Å². The minimum absolute atomic E-state index is 0.00755. The largest absolute Gasteiger partial charge is 0.312 e. The lowest BCUT2D eigenvalue weighted by atomic mass is 10.1. The molecule has 7 heteroatoms. The molecule has 0 radical (unpaired) electrons. The summed E-state index contributed by atoms with van der Waals surface area (Å²) in [5, 5.41) is 0.365. The molecule has 1 aliphatic rings. The maximum atomic E-state index is 12.3. The van der Waals surface area contributed by atoms with E-state index < -0.39 is 10.0 Å². The molecule has 1 fully saturated rings. The predicted octanol–water partition coefficient (Wildman–Crippen LogP) is 2.67. The molecule has 2 aromatic carbocycles. The second-order valence-corrected chi connectivity index (χ2v) is 7.92. The number of carbonyl (C=O) groups excluding carboxylic acids is 1. The van der Waals surface area contributed by atoms with Crippen LogP contribution in [0.1, 0.15) is 6.42 Å². The molecule has 2 aromatic rings. The average molecular weight is 365 g/mol. The number of benzene rings is 2. The second kappa shape index (κ2) is 6.93. The van der Waals surface area contributed by atoms with Gasteiger partial charge >= 0.3 is 0 Å². The van der Waals surface area contributed by atoms with Gasteiger partial charge in [0, 0.05) is 30.2 Å². The number of sulfonamides is 1. The fraction of sp³-hybridized carbons (Fsp3) is 0.235. The van der Waals surface area contributed by atoms with Crippen molar-refractivity contribution >= 4 is 33.2 Å². The van der Waals surface area contributed by atoms with Gasteiger partial charge in [0.05, 0.1) is 4.90 Å². The molecule has 0 saturated carbocycles. The van der Waals surface area contributed by atoms with Crippen molar-refractivity contribution in [3.8, 4) is 0 Å². The van der Waals surface area contributed by atoms with E-state index in [-0.39, 0.29) is 23.3 Å². The van der Waals surface area contributed by atoms with Crippen LogP contribution in [0.15, 0.2) is 59.5 Å². The number of hydrogen-bond donors (Lipinski definition) is 1. The van der Waals surface area contributed by atoms with Crippen molar-refractivity contribution in [3.63, 3.8) is 0 Å². The Morgan fingerprint density at radius 2 is 1.88 bits per heavy atom. The first-order chi connectivity index (χ1) is 11.5. The highest BCUT2D eigenvalue weighted by Crippen LogP contribution is 2.24. The van der Waals surface area contributed by atoms with Gasteiger partial charge in [-0.25, -0.2) is 13.1 Å². The van der Waals surface area contributed by atoms with E-state index in [1.807, 2.05) is 30.3 Å². The highest BCUT2D eigenvalue weighted by molar-refractivity contribution is 7.89. The number of amides is 1. The molecule has 0 aliphatic carbocycles. The molecule has 1 saturated heterocycles. The van der Waals surface area contributed by atoms with E-state index in [0.29, 0.717) is 18.0 Å². The Hall–Kier alpha value is -1.89. The summed E-state index contributed by atoms with van der Waals surface area (Å²) in [4.78, 5) is 14.0. The van der Waals surface area contributed by atoms with Gasteiger partial charge in [-0.3, -0.25) is 4.79 Å². The van der Waals surface area contributed by atoms with Crippen molar-refractivity contribution in [3.05, 3.63) is 59.6 Å². The van der Waals surface area contributed by atoms with Crippen LogP contribution in [0.3, 0.4) is 0 Å². The average Bonchev–Trinajstić information content (AvgIpc) is 2.95. The number of nitrogens with one attached hydrogen (secondary N) is 1. The summed E-state index contributed by atoms with van der Waals surface area (Å²) in [6.45, 7) is 0.713. The van der Waals surface area contributed by atoms with Gasteiger partial charge in [0.25, 0.3) is 0 Å². The monoisotopic (exact) mass is 364 g/mol. The quantitative estimate of drug-likeness (QED) is 0.887. The maximum absolute atomic E-state index is 12.3. The van der Waals surface area contributed by atoms with Gasteiger partial charge in [0.1, 0.15) is 0 Å². The van der Waals surface area contributed by atoms with Gasteiger partial charge in [-0.05, 0) is 36.2 Å². The Kier molecular flexibility index (Phi) is 4.89. The van der Waals surface area contributed by atoms with Gasteiger partial charge in [-0.15, -0.1) is 0 Å². The van der Waals surface area contributed by atoms with E-state index in [9.17, 15) is 13.2 Å². The third kappa shape index (κ3) is 3.77. The SMILES string of the molecule is O=C1C[C@H](CNS(=O)(=O)c2cccc(Cl)c2)CN1c1ccccc1. The summed E-state index contributed by atoms with van der Waals surface area (Å²) < 4.78 is 27.2. The first-order valence-corrected chi connectivity index (χ1v) is 9.42. The number of nitrogens with zero attached hydrogens (tertiary/aromatic N) is 1. The molecular weight excluding hydrogens is 348 g/mol. The smallest absolute Gasteiger partial charge is 0.240 e. The lowest BCUT2D eigenvalue weighted by molar-refractivity contribution is -0.117. The van der Waals surface area contributed by atoms with Gasteiger partial charge in [0.2, 0.25) is 15.9 Å². The standard InChI is InChI=1S/C17H17ClN2O3S/c18-14-5-4-8-16(10-14)24(22,23)19-11-13-9-17(21)20(12-13)15-6-2-1-3-7-15/h1-8,10,13,19H,9,11-12H2/t13-/m1/s1. The first kappa shape index (κ1) is 17.0.